The van der Waals surface area contributed by atoms with E-state index in [1.807, 2.05) is 0 Å². The maximum Gasteiger partial charge on any atom is 0.295 e. The van der Waals surface area contributed by atoms with E-state index in [1.54, 1.807) is 6.92 Å². The second kappa shape index (κ2) is 4.82. The van der Waals surface area contributed by atoms with E-state index < -0.39 is 0 Å². The van der Waals surface area contributed by atoms with Crippen LogP contribution in [0.25, 0.3) is 0 Å². The van der Waals surface area contributed by atoms with E-state index in [0.717, 1.165) is 6.42 Å². The standard InChI is InChI=1S/C10H17NO/c1-5-6-9(12)11-8-7-10(2,3)4/h7-8H2,1-4H3,(H,11,12). The highest BCUT2D eigenvalue weighted by atomic mass is 16.1. The van der Waals surface area contributed by atoms with Crippen LogP contribution in [0.3, 0.4) is 0 Å². The molecular formula is C10H17NO. The van der Waals surface area contributed by atoms with Gasteiger partial charge in [-0.2, -0.15) is 0 Å². The van der Waals surface area contributed by atoms with Gasteiger partial charge in [0, 0.05) is 6.54 Å². The minimum Gasteiger partial charge on any atom is -0.345 e. The van der Waals surface area contributed by atoms with Crippen LogP contribution in [-0.2, 0) is 4.79 Å². The molecule has 0 radical (unpaired) electrons. The first-order chi connectivity index (χ1) is 5.45. The van der Waals surface area contributed by atoms with Crippen molar-refractivity contribution >= 4 is 5.91 Å². The van der Waals surface area contributed by atoms with Gasteiger partial charge in [0.2, 0.25) is 0 Å². The number of rotatable bonds is 2. The molecule has 0 aromatic rings. The van der Waals surface area contributed by atoms with Gasteiger partial charge in [-0.15, -0.1) is 0 Å². The molecule has 0 aliphatic heterocycles. The predicted molar refractivity (Wildman–Crippen MR) is 50.5 cm³/mol. The van der Waals surface area contributed by atoms with Crippen molar-refractivity contribution in [1.82, 2.24) is 5.32 Å². The van der Waals surface area contributed by atoms with E-state index in [4.69, 9.17) is 0 Å². The normalized spacial score (nSPS) is 10.0. The molecule has 1 N–H and O–H groups in total. The fourth-order valence-corrected chi connectivity index (χ4v) is 0.709. The second-order valence-electron chi connectivity index (χ2n) is 3.94. The molecule has 0 rings (SSSR count). The second-order valence-corrected chi connectivity index (χ2v) is 3.94. The fraction of sp³-hybridized carbons (Fsp3) is 0.700. The Balaban J connectivity index is 3.55. The molecule has 0 fully saturated rings. The molecule has 68 valence electrons. The first kappa shape index (κ1) is 11.0. The molecule has 0 unspecified atom stereocenters. The van der Waals surface area contributed by atoms with Gasteiger partial charge in [0.05, 0.1) is 0 Å². The molecule has 0 saturated carbocycles. The highest BCUT2D eigenvalue weighted by molar-refractivity contribution is 5.93. The van der Waals surface area contributed by atoms with Crippen molar-refractivity contribution in [2.75, 3.05) is 6.54 Å². The Hall–Kier alpha value is -0.970. The van der Waals surface area contributed by atoms with Crippen LogP contribution < -0.4 is 5.32 Å². The van der Waals surface area contributed by atoms with Gasteiger partial charge in [-0.3, -0.25) is 4.79 Å². The SMILES string of the molecule is CC#CC(=O)NCCC(C)(C)C. The van der Waals surface area contributed by atoms with Crippen LogP contribution in [0, 0.1) is 17.3 Å². The van der Waals surface area contributed by atoms with Crippen molar-refractivity contribution in [2.45, 2.75) is 34.1 Å². The summed E-state index contributed by atoms with van der Waals surface area (Å²) in [7, 11) is 0. The number of nitrogens with one attached hydrogen (secondary N) is 1. The average Bonchev–Trinajstić information content (AvgIpc) is 1.84. The Morgan fingerprint density at radius 1 is 1.42 bits per heavy atom. The van der Waals surface area contributed by atoms with Gasteiger partial charge in [0.15, 0.2) is 0 Å². The number of carbonyl (C=O) groups is 1. The zero-order valence-electron chi connectivity index (χ0n) is 8.32. The molecule has 0 aromatic heterocycles. The predicted octanol–water partition coefficient (Wildman–Crippen LogP) is 1.56. The zero-order valence-corrected chi connectivity index (χ0v) is 8.32. The lowest BCUT2D eigenvalue weighted by molar-refractivity contribution is -0.115. The lowest BCUT2D eigenvalue weighted by atomic mass is 9.92. The summed E-state index contributed by atoms with van der Waals surface area (Å²) >= 11 is 0. The molecule has 0 aliphatic rings. The van der Waals surface area contributed by atoms with Gasteiger partial charge >= 0.3 is 0 Å². The number of carbonyl (C=O) groups excluding carboxylic acids is 1. The minimum absolute atomic E-state index is 0.179. The van der Waals surface area contributed by atoms with Crippen LogP contribution in [0.15, 0.2) is 0 Å². The maximum atomic E-state index is 10.8. The van der Waals surface area contributed by atoms with Gasteiger partial charge in [0.25, 0.3) is 5.91 Å². The summed E-state index contributed by atoms with van der Waals surface area (Å²) in [5, 5.41) is 2.73. The molecular weight excluding hydrogens is 150 g/mol. The molecule has 0 aromatic carbocycles. The van der Waals surface area contributed by atoms with Crippen molar-refractivity contribution in [3.05, 3.63) is 0 Å². The Labute approximate surface area is 74.7 Å². The van der Waals surface area contributed by atoms with Crippen LogP contribution in [0.5, 0.6) is 0 Å². The average molecular weight is 167 g/mol. The van der Waals surface area contributed by atoms with E-state index in [1.165, 1.54) is 0 Å². The molecule has 2 nitrogen and oxygen atoms in total. The first-order valence-electron chi connectivity index (χ1n) is 4.16. The third-order valence-electron chi connectivity index (χ3n) is 1.40. The van der Waals surface area contributed by atoms with E-state index in [-0.39, 0.29) is 11.3 Å². The molecule has 12 heavy (non-hydrogen) atoms. The van der Waals surface area contributed by atoms with Crippen molar-refractivity contribution in [3.63, 3.8) is 0 Å². The fourth-order valence-electron chi connectivity index (χ4n) is 0.709. The summed E-state index contributed by atoms with van der Waals surface area (Å²) in [6.07, 6.45) is 0.976. The van der Waals surface area contributed by atoms with Crippen molar-refractivity contribution in [1.29, 1.82) is 0 Å². The van der Waals surface area contributed by atoms with Crippen molar-refractivity contribution in [3.8, 4) is 11.8 Å². The number of hydrogen-bond donors (Lipinski definition) is 1. The Morgan fingerprint density at radius 3 is 2.42 bits per heavy atom. The monoisotopic (exact) mass is 167 g/mol. The summed E-state index contributed by atoms with van der Waals surface area (Å²) in [6, 6.07) is 0. The zero-order chi connectivity index (χ0) is 9.61. The van der Waals surface area contributed by atoms with Gasteiger partial charge in [-0.1, -0.05) is 26.7 Å². The van der Waals surface area contributed by atoms with Crippen LogP contribution in [0.2, 0.25) is 0 Å². The number of hydrogen-bond acceptors (Lipinski definition) is 1. The van der Waals surface area contributed by atoms with Gasteiger partial charge in [-0.25, -0.2) is 0 Å². The lowest BCUT2D eigenvalue weighted by Gasteiger charge is -2.17. The molecule has 0 bridgehead atoms. The first-order valence-corrected chi connectivity index (χ1v) is 4.16. The van der Waals surface area contributed by atoms with E-state index in [9.17, 15) is 4.79 Å². The van der Waals surface area contributed by atoms with Crippen LogP contribution in [0.4, 0.5) is 0 Å². The molecule has 0 aliphatic carbocycles. The van der Waals surface area contributed by atoms with Crippen LogP contribution in [0.1, 0.15) is 34.1 Å². The molecule has 2 heteroatoms. The third kappa shape index (κ3) is 7.14. The van der Waals surface area contributed by atoms with E-state index in [2.05, 4.69) is 37.9 Å². The third-order valence-corrected chi connectivity index (χ3v) is 1.40. The highest BCUT2D eigenvalue weighted by Gasteiger charge is 2.09. The molecule has 0 heterocycles. The topological polar surface area (TPSA) is 29.1 Å². The van der Waals surface area contributed by atoms with Gasteiger partial charge in [-0.05, 0) is 24.7 Å². The van der Waals surface area contributed by atoms with Crippen LogP contribution >= 0.6 is 0 Å². The Bertz CT molecular complexity index is 202. The summed E-state index contributed by atoms with van der Waals surface area (Å²) in [5.74, 6) is 4.81. The van der Waals surface area contributed by atoms with E-state index >= 15 is 0 Å². The number of amides is 1. The molecule has 0 spiro atoms. The lowest BCUT2D eigenvalue weighted by Crippen LogP contribution is -2.25. The van der Waals surface area contributed by atoms with E-state index in [0.29, 0.717) is 6.54 Å². The largest absolute Gasteiger partial charge is 0.345 e. The Morgan fingerprint density at radius 2 is 2.00 bits per heavy atom. The van der Waals surface area contributed by atoms with Crippen LogP contribution in [-0.4, -0.2) is 12.5 Å². The van der Waals surface area contributed by atoms with Crippen molar-refractivity contribution in [2.24, 2.45) is 5.41 Å². The Kier molecular flexibility index (Phi) is 4.43. The van der Waals surface area contributed by atoms with Gasteiger partial charge in [0.1, 0.15) is 0 Å². The van der Waals surface area contributed by atoms with Crippen molar-refractivity contribution < 1.29 is 4.79 Å². The highest BCUT2D eigenvalue weighted by Crippen LogP contribution is 2.16. The minimum atomic E-state index is -0.179. The summed E-state index contributed by atoms with van der Waals surface area (Å²) in [5.41, 5.74) is 0.271. The molecule has 1 amide bonds. The summed E-state index contributed by atoms with van der Waals surface area (Å²) in [4.78, 5) is 10.8. The summed E-state index contributed by atoms with van der Waals surface area (Å²) in [6.45, 7) is 8.79. The smallest absolute Gasteiger partial charge is 0.295 e. The summed E-state index contributed by atoms with van der Waals surface area (Å²) < 4.78 is 0. The maximum absolute atomic E-state index is 10.8. The quantitative estimate of drug-likeness (QED) is 0.621. The molecule has 0 saturated heterocycles. The van der Waals surface area contributed by atoms with Gasteiger partial charge < -0.3 is 5.32 Å². The molecule has 0 atom stereocenters.